The third kappa shape index (κ3) is 7.14. The van der Waals surface area contributed by atoms with Gasteiger partial charge in [0.15, 0.2) is 0 Å². The molecular weight excluding hydrogens is 427 g/mol. The van der Waals surface area contributed by atoms with Crippen molar-refractivity contribution in [3.05, 3.63) is 64.7 Å². The van der Waals surface area contributed by atoms with E-state index in [0.717, 1.165) is 12.1 Å². The van der Waals surface area contributed by atoms with E-state index in [4.69, 9.17) is 21.1 Å². The molecule has 30 heavy (non-hydrogen) atoms. The first-order valence-corrected chi connectivity index (χ1v) is 9.25. The number of hydrogen-bond acceptors (Lipinski definition) is 5. The standard InChI is InChI=1S/C20H19ClF3NO5/c1-2-28-19(27)25-10-11-29-18(26)17(13-6-8-15(21)9-7-13)30-16-5-3-4-14(12-16)20(22,23)24/h3-9,12,17H,2,10-11H2,1H3,(H,25,27). The SMILES string of the molecule is CCOC(=O)NCCOC(=O)C(Oc1cccc(C(F)(F)F)c1)c1ccc(Cl)cc1. The molecule has 1 N–H and O–H groups in total. The minimum absolute atomic E-state index is 0.0124. The molecule has 0 bridgehead atoms. The Morgan fingerprint density at radius 2 is 1.80 bits per heavy atom. The Labute approximate surface area is 175 Å². The van der Waals surface area contributed by atoms with Crippen LogP contribution in [0, 0.1) is 0 Å². The molecular formula is C20H19ClF3NO5. The molecule has 2 aromatic rings. The Bertz CT molecular complexity index is 858. The number of rotatable bonds is 8. The van der Waals surface area contributed by atoms with Gasteiger partial charge in [-0.1, -0.05) is 29.8 Å². The molecule has 0 saturated carbocycles. The van der Waals surface area contributed by atoms with Gasteiger partial charge in [0.05, 0.1) is 18.7 Å². The van der Waals surface area contributed by atoms with Crippen molar-refractivity contribution in [3.8, 4) is 5.75 Å². The number of carbonyl (C=O) groups is 2. The lowest BCUT2D eigenvalue weighted by Gasteiger charge is -2.19. The summed E-state index contributed by atoms with van der Waals surface area (Å²) in [5.74, 6) is -1.01. The number of esters is 1. The Balaban J connectivity index is 2.12. The summed E-state index contributed by atoms with van der Waals surface area (Å²) in [6.07, 6.45) is -6.56. The van der Waals surface area contributed by atoms with E-state index in [-0.39, 0.29) is 25.5 Å². The molecule has 0 aliphatic carbocycles. The van der Waals surface area contributed by atoms with Crippen LogP contribution < -0.4 is 10.1 Å². The molecule has 10 heteroatoms. The Hall–Kier alpha value is -2.94. The van der Waals surface area contributed by atoms with Crippen LogP contribution in [0.1, 0.15) is 24.2 Å². The number of ether oxygens (including phenoxy) is 3. The highest BCUT2D eigenvalue weighted by atomic mass is 35.5. The van der Waals surface area contributed by atoms with Crippen molar-refractivity contribution < 1.29 is 37.0 Å². The van der Waals surface area contributed by atoms with Crippen LogP contribution in [0.25, 0.3) is 0 Å². The molecule has 0 radical (unpaired) electrons. The number of amides is 1. The summed E-state index contributed by atoms with van der Waals surface area (Å²) < 4.78 is 54.1. The maximum absolute atomic E-state index is 13.0. The lowest BCUT2D eigenvalue weighted by molar-refractivity contribution is -0.152. The van der Waals surface area contributed by atoms with Crippen LogP contribution in [-0.4, -0.2) is 31.8 Å². The summed E-state index contributed by atoms with van der Waals surface area (Å²) in [4.78, 5) is 23.8. The second-order valence-electron chi connectivity index (χ2n) is 5.89. The largest absolute Gasteiger partial charge is 0.474 e. The third-order valence-electron chi connectivity index (χ3n) is 3.69. The van der Waals surface area contributed by atoms with E-state index < -0.39 is 29.9 Å². The molecule has 2 rings (SSSR count). The summed E-state index contributed by atoms with van der Waals surface area (Å²) >= 11 is 5.85. The maximum Gasteiger partial charge on any atom is 0.416 e. The van der Waals surface area contributed by atoms with Gasteiger partial charge in [-0.25, -0.2) is 9.59 Å². The van der Waals surface area contributed by atoms with Crippen LogP contribution in [0.2, 0.25) is 5.02 Å². The molecule has 6 nitrogen and oxygen atoms in total. The number of hydrogen-bond donors (Lipinski definition) is 1. The van der Waals surface area contributed by atoms with E-state index in [0.29, 0.717) is 10.6 Å². The quantitative estimate of drug-likeness (QED) is 0.468. The Kier molecular flexibility index (Phi) is 8.35. The van der Waals surface area contributed by atoms with E-state index in [9.17, 15) is 22.8 Å². The monoisotopic (exact) mass is 445 g/mol. The number of alkyl halides is 3. The zero-order chi connectivity index (χ0) is 22.1. The third-order valence-corrected chi connectivity index (χ3v) is 3.95. The summed E-state index contributed by atoms with van der Waals surface area (Å²) in [5, 5.41) is 2.78. The highest BCUT2D eigenvalue weighted by Crippen LogP contribution is 2.33. The van der Waals surface area contributed by atoms with Crippen LogP contribution in [-0.2, 0) is 20.4 Å². The molecule has 1 amide bonds. The van der Waals surface area contributed by atoms with Crippen molar-refractivity contribution in [1.82, 2.24) is 5.32 Å². The molecule has 0 spiro atoms. The molecule has 1 unspecified atom stereocenters. The van der Waals surface area contributed by atoms with Gasteiger partial charge in [0, 0.05) is 10.6 Å². The average Bonchev–Trinajstić information content (AvgIpc) is 2.70. The minimum Gasteiger partial charge on any atom is -0.474 e. The van der Waals surface area contributed by atoms with Gasteiger partial charge in [0.1, 0.15) is 12.4 Å². The van der Waals surface area contributed by atoms with Crippen LogP contribution in [0.4, 0.5) is 18.0 Å². The van der Waals surface area contributed by atoms with Crippen molar-refractivity contribution in [2.24, 2.45) is 0 Å². The van der Waals surface area contributed by atoms with E-state index in [1.54, 1.807) is 6.92 Å². The Morgan fingerprint density at radius 1 is 1.10 bits per heavy atom. The van der Waals surface area contributed by atoms with Gasteiger partial charge in [-0.05, 0) is 37.3 Å². The summed E-state index contributed by atoms with van der Waals surface area (Å²) in [5.41, 5.74) is -0.581. The second kappa shape index (κ2) is 10.7. The molecule has 0 heterocycles. The highest BCUT2D eigenvalue weighted by Gasteiger charge is 2.31. The molecule has 1 atom stereocenters. The molecule has 0 aliphatic heterocycles. The Morgan fingerprint density at radius 3 is 2.43 bits per heavy atom. The fraction of sp³-hybridized carbons (Fsp3) is 0.300. The first kappa shape index (κ1) is 23.3. The van der Waals surface area contributed by atoms with Crippen molar-refractivity contribution in [2.45, 2.75) is 19.2 Å². The maximum atomic E-state index is 13.0. The van der Waals surface area contributed by atoms with Gasteiger partial charge in [-0.3, -0.25) is 0 Å². The summed E-state index contributed by atoms with van der Waals surface area (Å²) in [7, 11) is 0. The predicted molar refractivity (Wildman–Crippen MR) is 102 cm³/mol. The van der Waals surface area contributed by atoms with E-state index in [2.05, 4.69) is 10.1 Å². The van der Waals surface area contributed by atoms with E-state index in [1.165, 1.54) is 36.4 Å². The molecule has 0 fully saturated rings. The normalized spacial score (nSPS) is 12.0. The number of nitrogens with one attached hydrogen (secondary N) is 1. The van der Waals surface area contributed by atoms with E-state index in [1.807, 2.05) is 0 Å². The minimum atomic E-state index is -4.56. The first-order chi connectivity index (χ1) is 14.2. The number of benzene rings is 2. The molecule has 0 aromatic heterocycles. The molecule has 0 saturated heterocycles. The van der Waals surface area contributed by atoms with Gasteiger partial charge in [-0.2, -0.15) is 13.2 Å². The summed E-state index contributed by atoms with van der Waals surface area (Å²) in [6.45, 7) is 1.63. The number of halogens is 4. The van der Waals surface area contributed by atoms with Crippen molar-refractivity contribution in [2.75, 3.05) is 19.8 Å². The highest BCUT2D eigenvalue weighted by molar-refractivity contribution is 6.30. The van der Waals surface area contributed by atoms with Crippen LogP contribution in [0.15, 0.2) is 48.5 Å². The lowest BCUT2D eigenvalue weighted by Crippen LogP contribution is -2.30. The van der Waals surface area contributed by atoms with Gasteiger partial charge in [0.2, 0.25) is 6.10 Å². The summed E-state index contributed by atoms with van der Waals surface area (Å²) in [6, 6.07) is 10.2. The van der Waals surface area contributed by atoms with Crippen LogP contribution in [0.5, 0.6) is 5.75 Å². The van der Waals surface area contributed by atoms with Crippen LogP contribution >= 0.6 is 11.6 Å². The molecule has 2 aromatic carbocycles. The average molecular weight is 446 g/mol. The number of alkyl carbamates (subject to hydrolysis) is 1. The van der Waals surface area contributed by atoms with Crippen LogP contribution in [0.3, 0.4) is 0 Å². The predicted octanol–water partition coefficient (Wildman–Crippen LogP) is 4.77. The number of carbonyl (C=O) groups excluding carboxylic acids is 2. The van der Waals surface area contributed by atoms with Gasteiger partial charge in [-0.15, -0.1) is 0 Å². The smallest absolute Gasteiger partial charge is 0.416 e. The van der Waals surface area contributed by atoms with E-state index >= 15 is 0 Å². The zero-order valence-corrected chi connectivity index (χ0v) is 16.6. The van der Waals surface area contributed by atoms with Gasteiger partial charge >= 0.3 is 18.2 Å². The lowest BCUT2D eigenvalue weighted by atomic mass is 10.1. The second-order valence-corrected chi connectivity index (χ2v) is 6.33. The topological polar surface area (TPSA) is 73.9 Å². The first-order valence-electron chi connectivity index (χ1n) is 8.87. The van der Waals surface area contributed by atoms with Crippen molar-refractivity contribution in [1.29, 1.82) is 0 Å². The van der Waals surface area contributed by atoms with Crippen molar-refractivity contribution >= 4 is 23.7 Å². The fourth-order valence-corrected chi connectivity index (χ4v) is 2.46. The zero-order valence-electron chi connectivity index (χ0n) is 15.9. The molecule has 162 valence electrons. The van der Waals surface area contributed by atoms with Crippen molar-refractivity contribution in [3.63, 3.8) is 0 Å². The van der Waals surface area contributed by atoms with Gasteiger partial charge in [0.25, 0.3) is 0 Å². The molecule has 0 aliphatic rings. The fourth-order valence-electron chi connectivity index (χ4n) is 2.33. The van der Waals surface area contributed by atoms with Gasteiger partial charge < -0.3 is 19.5 Å².